The molecule has 2 aromatic rings. The lowest BCUT2D eigenvalue weighted by atomic mass is 9.88. The smallest absolute Gasteiger partial charge is 0.0839 e. The Kier molecular flexibility index (Phi) is 2.39. The molecule has 3 heterocycles. The van der Waals surface area contributed by atoms with E-state index in [-0.39, 0.29) is 0 Å². The van der Waals surface area contributed by atoms with Crippen molar-refractivity contribution in [2.75, 3.05) is 0 Å². The van der Waals surface area contributed by atoms with Crippen molar-refractivity contribution in [3.8, 4) is 0 Å². The Morgan fingerprint density at radius 3 is 2.72 bits per heavy atom. The van der Waals surface area contributed by atoms with Gasteiger partial charge in [-0.1, -0.05) is 23.7 Å². The summed E-state index contributed by atoms with van der Waals surface area (Å²) in [6, 6.07) is 7.45. The summed E-state index contributed by atoms with van der Waals surface area (Å²) in [7, 11) is 0. The highest BCUT2D eigenvalue weighted by Crippen LogP contribution is 2.39. The van der Waals surface area contributed by atoms with Crippen molar-refractivity contribution in [3.63, 3.8) is 0 Å². The number of piperidine rings is 1. The molecular formula is C14H16ClN3. The molecule has 2 unspecified atom stereocenters. The number of benzene rings is 1. The van der Waals surface area contributed by atoms with Crippen LogP contribution in [0.4, 0.5) is 0 Å². The van der Waals surface area contributed by atoms with Gasteiger partial charge in [0.25, 0.3) is 0 Å². The topological polar surface area (TPSA) is 40.7 Å². The Morgan fingerprint density at radius 2 is 1.94 bits per heavy atom. The van der Waals surface area contributed by atoms with Gasteiger partial charge >= 0.3 is 0 Å². The fraction of sp³-hybridized carbons (Fsp3) is 0.500. The summed E-state index contributed by atoms with van der Waals surface area (Å²) in [5, 5.41) is 13.3. The maximum absolute atomic E-state index is 6.20. The second-order valence-corrected chi connectivity index (χ2v) is 5.98. The molecule has 0 spiro atoms. The van der Waals surface area contributed by atoms with E-state index in [4.69, 9.17) is 11.6 Å². The monoisotopic (exact) mass is 261 g/mol. The fourth-order valence-electron chi connectivity index (χ4n) is 3.62. The van der Waals surface area contributed by atoms with Crippen molar-refractivity contribution in [1.82, 2.24) is 15.5 Å². The third-order valence-electron chi connectivity index (χ3n) is 4.44. The van der Waals surface area contributed by atoms with Crippen molar-refractivity contribution in [1.29, 1.82) is 0 Å². The van der Waals surface area contributed by atoms with E-state index in [0.29, 0.717) is 18.0 Å². The first kappa shape index (κ1) is 10.8. The van der Waals surface area contributed by atoms with Crippen LogP contribution >= 0.6 is 11.6 Å². The average Bonchev–Trinajstić information content (AvgIpc) is 2.94. The summed E-state index contributed by atoms with van der Waals surface area (Å²) < 4.78 is 0. The Hall–Kier alpha value is -1.06. The zero-order chi connectivity index (χ0) is 12.1. The number of nitrogens with one attached hydrogen (secondary N) is 2. The van der Waals surface area contributed by atoms with Gasteiger partial charge in [0, 0.05) is 23.4 Å². The van der Waals surface area contributed by atoms with E-state index < -0.39 is 0 Å². The first-order valence-corrected chi connectivity index (χ1v) is 7.07. The molecule has 0 saturated carbocycles. The van der Waals surface area contributed by atoms with Gasteiger partial charge < -0.3 is 5.32 Å². The molecule has 2 N–H and O–H groups in total. The summed E-state index contributed by atoms with van der Waals surface area (Å²) in [5.41, 5.74) is 2.20. The van der Waals surface area contributed by atoms with Crippen LogP contribution in [0.2, 0.25) is 5.02 Å². The van der Waals surface area contributed by atoms with Crippen molar-refractivity contribution in [2.24, 2.45) is 0 Å². The molecule has 18 heavy (non-hydrogen) atoms. The fourth-order valence-corrected chi connectivity index (χ4v) is 3.84. The van der Waals surface area contributed by atoms with E-state index in [2.05, 4.69) is 21.6 Å². The molecule has 4 rings (SSSR count). The van der Waals surface area contributed by atoms with E-state index in [0.717, 1.165) is 10.5 Å². The number of H-pyrrole nitrogens is 1. The van der Waals surface area contributed by atoms with Crippen LogP contribution in [0.1, 0.15) is 37.3 Å². The third-order valence-corrected chi connectivity index (χ3v) is 4.75. The minimum absolute atomic E-state index is 0.580. The van der Waals surface area contributed by atoms with E-state index in [1.165, 1.54) is 36.8 Å². The van der Waals surface area contributed by atoms with Crippen LogP contribution in [0.3, 0.4) is 0 Å². The standard InChI is InChI=1S/C14H16ClN3/c15-12-3-1-2-11-13(17-18-14(11)12)8-6-9-4-5-10(7-8)16-9/h1-3,8-10,16H,4-7H2,(H,17,18). The quantitative estimate of drug-likeness (QED) is 0.828. The van der Waals surface area contributed by atoms with Crippen LogP contribution in [0.15, 0.2) is 18.2 Å². The van der Waals surface area contributed by atoms with Crippen LogP contribution in [-0.4, -0.2) is 22.3 Å². The Bertz CT molecular complexity index is 580. The van der Waals surface area contributed by atoms with E-state index in [1.54, 1.807) is 0 Å². The molecule has 0 radical (unpaired) electrons. The van der Waals surface area contributed by atoms with Gasteiger partial charge in [0.1, 0.15) is 0 Å². The lowest BCUT2D eigenvalue weighted by molar-refractivity contribution is 0.360. The first-order valence-electron chi connectivity index (χ1n) is 6.70. The van der Waals surface area contributed by atoms with Gasteiger partial charge in [-0.15, -0.1) is 0 Å². The summed E-state index contributed by atoms with van der Waals surface area (Å²) in [4.78, 5) is 0. The molecule has 1 aromatic heterocycles. The summed E-state index contributed by atoms with van der Waals surface area (Å²) >= 11 is 6.20. The number of rotatable bonds is 1. The minimum atomic E-state index is 0.580. The van der Waals surface area contributed by atoms with Gasteiger partial charge in [0.2, 0.25) is 0 Å². The molecule has 0 aliphatic carbocycles. The van der Waals surface area contributed by atoms with E-state index >= 15 is 0 Å². The maximum atomic E-state index is 6.20. The SMILES string of the molecule is Clc1cccc2c(C3CC4CCC(C3)N4)n[nH]c12. The second kappa shape index (κ2) is 3.97. The summed E-state index contributed by atoms with van der Waals surface area (Å²) in [6.45, 7) is 0. The van der Waals surface area contributed by atoms with Gasteiger partial charge in [0.05, 0.1) is 16.2 Å². The van der Waals surface area contributed by atoms with Crippen LogP contribution in [-0.2, 0) is 0 Å². The molecule has 3 nitrogen and oxygen atoms in total. The number of nitrogens with zero attached hydrogens (tertiary/aromatic N) is 1. The van der Waals surface area contributed by atoms with Gasteiger partial charge in [-0.3, -0.25) is 5.10 Å². The summed E-state index contributed by atoms with van der Waals surface area (Å²) in [6.07, 6.45) is 5.07. The number of fused-ring (bicyclic) bond motifs is 3. The zero-order valence-electron chi connectivity index (χ0n) is 10.1. The lowest BCUT2D eigenvalue weighted by Crippen LogP contribution is -2.37. The largest absolute Gasteiger partial charge is 0.311 e. The van der Waals surface area contributed by atoms with Gasteiger partial charge in [-0.05, 0) is 31.7 Å². The van der Waals surface area contributed by atoms with Crippen molar-refractivity contribution >= 4 is 22.5 Å². The molecule has 2 aliphatic rings. The number of aromatic nitrogens is 2. The van der Waals surface area contributed by atoms with Gasteiger partial charge in [-0.2, -0.15) is 5.10 Å². The number of aromatic amines is 1. The van der Waals surface area contributed by atoms with Crippen molar-refractivity contribution < 1.29 is 0 Å². The number of halogens is 1. The van der Waals surface area contributed by atoms with Gasteiger partial charge in [-0.25, -0.2) is 0 Å². The molecule has 94 valence electrons. The van der Waals surface area contributed by atoms with Crippen LogP contribution in [0.25, 0.3) is 10.9 Å². The molecule has 2 atom stereocenters. The Balaban J connectivity index is 1.76. The normalized spacial score (nSPS) is 31.1. The highest BCUT2D eigenvalue weighted by atomic mass is 35.5. The van der Waals surface area contributed by atoms with Crippen LogP contribution in [0, 0.1) is 0 Å². The summed E-state index contributed by atoms with van der Waals surface area (Å²) in [5.74, 6) is 0.580. The van der Waals surface area contributed by atoms with Crippen molar-refractivity contribution in [2.45, 2.75) is 43.7 Å². The number of hydrogen-bond donors (Lipinski definition) is 2. The van der Waals surface area contributed by atoms with Crippen molar-refractivity contribution in [3.05, 3.63) is 28.9 Å². The minimum Gasteiger partial charge on any atom is -0.311 e. The van der Waals surface area contributed by atoms with Crippen LogP contribution in [0.5, 0.6) is 0 Å². The van der Waals surface area contributed by atoms with Gasteiger partial charge in [0.15, 0.2) is 0 Å². The highest BCUT2D eigenvalue weighted by molar-refractivity contribution is 6.35. The molecule has 2 bridgehead atoms. The third kappa shape index (κ3) is 1.57. The number of hydrogen-bond acceptors (Lipinski definition) is 2. The highest BCUT2D eigenvalue weighted by Gasteiger charge is 2.35. The first-order chi connectivity index (χ1) is 8.81. The lowest BCUT2D eigenvalue weighted by Gasteiger charge is -2.28. The predicted octanol–water partition coefficient (Wildman–Crippen LogP) is 3.21. The Morgan fingerprint density at radius 1 is 1.17 bits per heavy atom. The molecule has 2 aliphatic heterocycles. The van der Waals surface area contributed by atoms with E-state index in [1.807, 2.05) is 12.1 Å². The molecular weight excluding hydrogens is 246 g/mol. The maximum Gasteiger partial charge on any atom is 0.0839 e. The predicted molar refractivity (Wildman–Crippen MR) is 73.0 cm³/mol. The molecule has 1 aromatic carbocycles. The zero-order valence-corrected chi connectivity index (χ0v) is 10.9. The Labute approximate surface area is 111 Å². The second-order valence-electron chi connectivity index (χ2n) is 5.58. The molecule has 2 fully saturated rings. The van der Waals surface area contributed by atoms with Crippen LogP contribution < -0.4 is 5.32 Å². The molecule has 2 saturated heterocycles. The number of para-hydroxylation sites is 1. The average molecular weight is 262 g/mol. The van der Waals surface area contributed by atoms with E-state index in [9.17, 15) is 0 Å². The molecule has 0 amide bonds. The molecule has 4 heteroatoms.